The summed E-state index contributed by atoms with van der Waals surface area (Å²) in [5, 5.41) is 17.7. The van der Waals surface area contributed by atoms with Crippen LogP contribution in [0.5, 0.6) is 0 Å². The Morgan fingerprint density at radius 3 is 2.62 bits per heavy atom. The number of hydrogen-bond acceptors (Lipinski definition) is 7. The van der Waals surface area contributed by atoms with E-state index in [9.17, 15) is 5.11 Å². The van der Waals surface area contributed by atoms with E-state index in [0.717, 1.165) is 41.9 Å². The molecular weight excluding hydrogens is 304 g/mol. The number of pyridine rings is 1. The molecule has 1 saturated heterocycles. The molecule has 0 amide bonds. The molecule has 1 aliphatic carbocycles. The number of anilines is 2. The molecule has 1 aliphatic heterocycles. The standard InChI is InChI=1S/C17H24N6O/c1-9-10-5-4-6-11(10)14-15(18-2)21-17(22-16(14)19-9)20-12-7-23(3)8-13(12)24/h12-13,24H,4-8H2,1-3H3,(H2,18,19,20,21,22)/t12-,13+/m0/s1. The molecule has 0 bridgehead atoms. The lowest BCUT2D eigenvalue weighted by Gasteiger charge is -2.18. The summed E-state index contributed by atoms with van der Waals surface area (Å²) in [7, 11) is 3.88. The van der Waals surface area contributed by atoms with E-state index in [-0.39, 0.29) is 6.04 Å². The number of nitrogens with one attached hydrogen (secondary N) is 2. The minimum atomic E-state index is -0.415. The van der Waals surface area contributed by atoms with Gasteiger partial charge in [0.05, 0.1) is 17.5 Å². The van der Waals surface area contributed by atoms with Gasteiger partial charge in [-0.1, -0.05) is 0 Å². The van der Waals surface area contributed by atoms with Crippen molar-refractivity contribution in [1.82, 2.24) is 19.9 Å². The number of fused-ring (bicyclic) bond motifs is 3. The molecule has 3 N–H and O–H groups in total. The van der Waals surface area contributed by atoms with Gasteiger partial charge in [-0.3, -0.25) is 0 Å². The van der Waals surface area contributed by atoms with Crippen molar-refractivity contribution in [3.63, 3.8) is 0 Å². The van der Waals surface area contributed by atoms with Gasteiger partial charge in [0.1, 0.15) is 5.82 Å². The van der Waals surface area contributed by atoms with Crippen LogP contribution >= 0.6 is 0 Å². The molecule has 1 fully saturated rings. The first-order chi connectivity index (χ1) is 11.6. The fraction of sp³-hybridized carbons (Fsp3) is 0.588. The second-order valence-corrected chi connectivity index (χ2v) is 6.89. The Morgan fingerprint density at radius 2 is 1.92 bits per heavy atom. The summed E-state index contributed by atoms with van der Waals surface area (Å²) < 4.78 is 0. The number of aliphatic hydroxyl groups excluding tert-OH is 1. The number of likely N-dealkylation sites (N-methyl/N-ethyl adjacent to an activating group) is 1. The Bertz CT molecular complexity index is 792. The van der Waals surface area contributed by atoms with Crippen LogP contribution in [0.1, 0.15) is 23.2 Å². The van der Waals surface area contributed by atoms with Crippen LogP contribution in [-0.4, -0.2) is 64.3 Å². The summed E-state index contributed by atoms with van der Waals surface area (Å²) in [4.78, 5) is 16.1. The van der Waals surface area contributed by atoms with Crippen LogP contribution in [-0.2, 0) is 12.8 Å². The first kappa shape index (κ1) is 15.5. The lowest BCUT2D eigenvalue weighted by molar-refractivity contribution is 0.174. The van der Waals surface area contributed by atoms with E-state index in [2.05, 4.69) is 32.4 Å². The SMILES string of the molecule is CNc1nc(N[C@H]2CN(C)C[C@H]2O)nc2nc(C)c3c(c12)CCC3. The number of aryl methyl sites for hydroxylation is 2. The van der Waals surface area contributed by atoms with Crippen LogP contribution in [0.15, 0.2) is 0 Å². The average molecular weight is 328 g/mol. The van der Waals surface area contributed by atoms with E-state index in [1.807, 2.05) is 14.1 Å². The molecule has 0 spiro atoms. The van der Waals surface area contributed by atoms with E-state index in [4.69, 9.17) is 4.98 Å². The number of aromatic nitrogens is 3. The van der Waals surface area contributed by atoms with Crippen molar-refractivity contribution in [2.24, 2.45) is 0 Å². The smallest absolute Gasteiger partial charge is 0.227 e. The molecule has 4 rings (SSSR count). The summed E-state index contributed by atoms with van der Waals surface area (Å²) in [6.07, 6.45) is 2.91. The summed E-state index contributed by atoms with van der Waals surface area (Å²) >= 11 is 0. The van der Waals surface area contributed by atoms with E-state index in [1.54, 1.807) is 0 Å². The predicted molar refractivity (Wildman–Crippen MR) is 94.6 cm³/mol. The van der Waals surface area contributed by atoms with E-state index in [0.29, 0.717) is 12.5 Å². The molecule has 2 aromatic rings. The summed E-state index contributed by atoms with van der Waals surface area (Å²) in [5.74, 6) is 1.34. The van der Waals surface area contributed by atoms with Gasteiger partial charge in [0.15, 0.2) is 5.65 Å². The molecule has 2 aromatic heterocycles. The summed E-state index contributed by atoms with van der Waals surface area (Å²) in [6.45, 7) is 3.50. The maximum atomic E-state index is 10.1. The third-order valence-electron chi connectivity index (χ3n) is 5.14. The van der Waals surface area contributed by atoms with Crippen LogP contribution in [0, 0.1) is 6.92 Å². The highest BCUT2D eigenvalue weighted by molar-refractivity contribution is 5.92. The highest BCUT2D eigenvalue weighted by Crippen LogP contribution is 2.34. The quantitative estimate of drug-likeness (QED) is 0.773. The van der Waals surface area contributed by atoms with Crippen LogP contribution in [0.25, 0.3) is 11.0 Å². The number of β-amino-alcohol motifs (C(OH)–C–C–N with tert-alkyl or cyclic N) is 1. The van der Waals surface area contributed by atoms with Gasteiger partial charge in [0.2, 0.25) is 5.95 Å². The monoisotopic (exact) mass is 328 g/mol. The van der Waals surface area contributed by atoms with Crippen LogP contribution in [0.3, 0.4) is 0 Å². The zero-order valence-corrected chi connectivity index (χ0v) is 14.4. The molecule has 24 heavy (non-hydrogen) atoms. The minimum absolute atomic E-state index is 0.0623. The zero-order valence-electron chi connectivity index (χ0n) is 14.4. The lowest BCUT2D eigenvalue weighted by atomic mass is 10.1. The third kappa shape index (κ3) is 2.48. The van der Waals surface area contributed by atoms with Gasteiger partial charge < -0.3 is 20.6 Å². The zero-order chi connectivity index (χ0) is 16.8. The maximum Gasteiger partial charge on any atom is 0.227 e. The Balaban J connectivity index is 1.77. The minimum Gasteiger partial charge on any atom is -0.390 e. The molecule has 2 atom stereocenters. The average Bonchev–Trinajstić information content (AvgIpc) is 3.14. The van der Waals surface area contributed by atoms with Crippen molar-refractivity contribution in [3.05, 3.63) is 16.8 Å². The van der Waals surface area contributed by atoms with E-state index >= 15 is 0 Å². The van der Waals surface area contributed by atoms with Gasteiger partial charge >= 0.3 is 0 Å². The molecule has 2 aliphatic rings. The van der Waals surface area contributed by atoms with Gasteiger partial charge in [-0.25, -0.2) is 4.98 Å². The number of nitrogens with zero attached hydrogens (tertiary/aromatic N) is 4. The van der Waals surface area contributed by atoms with Crippen molar-refractivity contribution in [1.29, 1.82) is 0 Å². The van der Waals surface area contributed by atoms with Gasteiger partial charge in [0, 0.05) is 25.8 Å². The molecular formula is C17H24N6O. The highest BCUT2D eigenvalue weighted by atomic mass is 16.3. The van der Waals surface area contributed by atoms with Crippen molar-refractivity contribution < 1.29 is 5.11 Å². The lowest BCUT2D eigenvalue weighted by Crippen LogP contribution is -2.32. The van der Waals surface area contributed by atoms with Gasteiger partial charge in [0.25, 0.3) is 0 Å². The molecule has 7 heteroatoms. The second-order valence-electron chi connectivity index (χ2n) is 6.89. The summed E-state index contributed by atoms with van der Waals surface area (Å²) in [5.41, 5.74) is 4.50. The number of hydrogen-bond donors (Lipinski definition) is 3. The molecule has 0 saturated carbocycles. The normalized spacial score (nSPS) is 23.7. The fourth-order valence-corrected chi connectivity index (χ4v) is 3.98. The largest absolute Gasteiger partial charge is 0.390 e. The van der Waals surface area contributed by atoms with Gasteiger partial charge in [-0.05, 0) is 44.4 Å². The Labute approximate surface area is 141 Å². The molecule has 128 valence electrons. The summed E-state index contributed by atoms with van der Waals surface area (Å²) in [6, 6.07) is -0.0623. The van der Waals surface area contributed by atoms with Crippen molar-refractivity contribution in [2.45, 2.75) is 38.3 Å². The first-order valence-electron chi connectivity index (χ1n) is 8.58. The Kier molecular flexibility index (Phi) is 3.77. The van der Waals surface area contributed by atoms with Crippen molar-refractivity contribution >= 4 is 22.8 Å². The maximum absolute atomic E-state index is 10.1. The van der Waals surface area contributed by atoms with Crippen LogP contribution < -0.4 is 10.6 Å². The van der Waals surface area contributed by atoms with Crippen molar-refractivity contribution in [2.75, 3.05) is 37.8 Å². The van der Waals surface area contributed by atoms with Gasteiger partial charge in [-0.2, -0.15) is 9.97 Å². The first-order valence-corrected chi connectivity index (χ1v) is 8.58. The van der Waals surface area contributed by atoms with Gasteiger partial charge in [-0.15, -0.1) is 0 Å². The molecule has 0 unspecified atom stereocenters. The molecule has 0 radical (unpaired) electrons. The number of aliphatic hydroxyl groups is 1. The number of likely N-dealkylation sites (tertiary alicyclic amines) is 1. The Morgan fingerprint density at radius 1 is 1.12 bits per heavy atom. The fourth-order valence-electron chi connectivity index (χ4n) is 3.98. The molecule has 7 nitrogen and oxygen atoms in total. The molecule has 0 aromatic carbocycles. The van der Waals surface area contributed by atoms with Crippen LogP contribution in [0.2, 0.25) is 0 Å². The van der Waals surface area contributed by atoms with Crippen LogP contribution in [0.4, 0.5) is 11.8 Å². The van der Waals surface area contributed by atoms with Crippen molar-refractivity contribution in [3.8, 4) is 0 Å². The second kappa shape index (κ2) is 5.82. The predicted octanol–water partition coefficient (Wildman–Crippen LogP) is 0.950. The number of rotatable bonds is 3. The van der Waals surface area contributed by atoms with E-state index in [1.165, 1.54) is 17.5 Å². The third-order valence-corrected chi connectivity index (χ3v) is 5.14. The highest BCUT2D eigenvalue weighted by Gasteiger charge is 2.30. The topological polar surface area (TPSA) is 86.2 Å². The molecule has 3 heterocycles. The Hall–Kier alpha value is -1.99. The van der Waals surface area contributed by atoms with E-state index < -0.39 is 6.10 Å².